The molecule has 0 spiro atoms. The van der Waals surface area contributed by atoms with Gasteiger partial charge in [-0.05, 0) is 36.4 Å². The van der Waals surface area contributed by atoms with Gasteiger partial charge in [-0.3, -0.25) is 0 Å². The van der Waals surface area contributed by atoms with Crippen molar-refractivity contribution in [3.8, 4) is 0 Å². The van der Waals surface area contributed by atoms with E-state index < -0.39 is 0 Å². The zero-order chi connectivity index (χ0) is 14.7. The molecule has 0 aliphatic heterocycles. The third-order valence-electron chi connectivity index (χ3n) is 3.82. The van der Waals surface area contributed by atoms with Gasteiger partial charge in [-0.1, -0.05) is 24.3 Å². The highest BCUT2D eigenvalue weighted by molar-refractivity contribution is 7.10. The van der Waals surface area contributed by atoms with Crippen LogP contribution in [0.4, 0.5) is 0 Å². The van der Waals surface area contributed by atoms with Crippen LogP contribution in [-0.2, 0) is 6.42 Å². The van der Waals surface area contributed by atoms with E-state index in [0.717, 1.165) is 11.9 Å². The fourth-order valence-electron chi connectivity index (χ4n) is 2.72. The molecule has 1 aromatic carbocycles. The Morgan fingerprint density at radius 3 is 2.86 bits per heavy atom. The van der Waals surface area contributed by atoms with Crippen LogP contribution in [0.5, 0.6) is 0 Å². The first kappa shape index (κ1) is 14.3. The Morgan fingerprint density at radius 1 is 1.24 bits per heavy atom. The highest BCUT2D eigenvalue weighted by Crippen LogP contribution is 2.22. The Bertz CT molecular complexity index is 690. The molecule has 3 N–H and O–H groups in total. The molecule has 0 amide bonds. The van der Waals surface area contributed by atoms with Crippen molar-refractivity contribution in [1.82, 2.24) is 10.3 Å². The Morgan fingerprint density at radius 2 is 2.10 bits per heavy atom. The summed E-state index contributed by atoms with van der Waals surface area (Å²) in [5, 5.41) is 16.5. The van der Waals surface area contributed by atoms with Gasteiger partial charge in [-0.15, -0.1) is 11.3 Å². The number of H-pyrrole nitrogens is 1. The van der Waals surface area contributed by atoms with Crippen LogP contribution < -0.4 is 5.32 Å². The van der Waals surface area contributed by atoms with E-state index in [2.05, 4.69) is 52.9 Å². The lowest BCUT2D eigenvalue weighted by atomic mass is 10.0. The number of aliphatic hydroxyl groups excluding tert-OH is 1. The summed E-state index contributed by atoms with van der Waals surface area (Å²) in [4.78, 5) is 4.59. The van der Waals surface area contributed by atoms with E-state index in [9.17, 15) is 5.11 Å². The maximum atomic E-state index is 9.67. The summed E-state index contributed by atoms with van der Waals surface area (Å²) in [7, 11) is 0. The molecule has 0 radical (unpaired) electrons. The van der Waals surface area contributed by atoms with Gasteiger partial charge in [-0.25, -0.2) is 0 Å². The normalized spacial score (nSPS) is 14.4. The van der Waals surface area contributed by atoms with Crippen LogP contribution in [0.2, 0.25) is 0 Å². The van der Waals surface area contributed by atoms with Crippen molar-refractivity contribution in [2.75, 3.05) is 6.61 Å². The van der Waals surface area contributed by atoms with Crippen LogP contribution in [-0.4, -0.2) is 22.7 Å². The van der Waals surface area contributed by atoms with Gasteiger partial charge in [-0.2, -0.15) is 0 Å². The molecular formula is C17H20N2OS. The van der Waals surface area contributed by atoms with Crippen LogP contribution in [0.3, 0.4) is 0 Å². The lowest BCUT2D eigenvalue weighted by molar-refractivity contribution is 0.233. The third-order valence-corrected chi connectivity index (χ3v) is 4.87. The van der Waals surface area contributed by atoms with Crippen molar-refractivity contribution in [2.45, 2.75) is 25.4 Å². The molecule has 3 nitrogen and oxygen atoms in total. The second kappa shape index (κ2) is 6.43. The SMILES string of the molecule is C[C@H](N[C@@H](CO)Cc1c[nH]c2ccccc12)c1cccs1. The number of rotatable bonds is 6. The molecule has 2 atom stereocenters. The molecule has 3 aromatic rings. The highest BCUT2D eigenvalue weighted by atomic mass is 32.1. The summed E-state index contributed by atoms with van der Waals surface area (Å²) in [6.45, 7) is 2.28. The van der Waals surface area contributed by atoms with Crippen LogP contribution >= 0.6 is 11.3 Å². The van der Waals surface area contributed by atoms with Crippen molar-refractivity contribution in [1.29, 1.82) is 0 Å². The minimum Gasteiger partial charge on any atom is -0.395 e. The minimum absolute atomic E-state index is 0.0568. The van der Waals surface area contributed by atoms with E-state index in [1.807, 2.05) is 12.3 Å². The molecule has 0 fully saturated rings. The fourth-order valence-corrected chi connectivity index (χ4v) is 3.46. The standard InChI is InChI=1S/C17H20N2OS/c1-12(17-7-4-8-21-17)19-14(11-20)9-13-10-18-16-6-3-2-5-15(13)16/h2-8,10,12,14,18-20H,9,11H2,1H3/t12-,14+/m0/s1. The molecule has 2 aromatic heterocycles. The number of thiophene rings is 1. The van der Waals surface area contributed by atoms with E-state index in [1.165, 1.54) is 15.8 Å². The molecule has 2 heterocycles. The van der Waals surface area contributed by atoms with Gasteiger partial charge >= 0.3 is 0 Å². The Kier molecular flexibility index (Phi) is 4.39. The summed E-state index contributed by atoms with van der Waals surface area (Å²) in [5.74, 6) is 0. The van der Waals surface area contributed by atoms with Gasteiger partial charge in [0.25, 0.3) is 0 Å². The van der Waals surface area contributed by atoms with Crippen LogP contribution in [0, 0.1) is 0 Å². The van der Waals surface area contributed by atoms with Crippen molar-refractivity contribution >= 4 is 22.2 Å². The molecule has 0 saturated heterocycles. The average Bonchev–Trinajstić information content (AvgIpc) is 3.16. The minimum atomic E-state index is 0.0568. The first-order valence-electron chi connectivity index (χ1n) is 7.23. The lowest BCUT2D eigenvalue weighted by Crippen LogP contribution is -2.36. The summed E-state index contributed by atoms with van der Waals surface area (Å²) in [6, 6.07) is 12.8. The molecule has 0 aliphatic carbocycles. The number of aliphatic hydroxyl groups is 1. The van der Waals surface area contributed by atoms with Crippen LogP contribution in [0.15, 0.2) is 48.0 Å². The molecule has 4 heteroatoms. The predicted molar refractivity (Wildman–Crippen MR) is 88.7 cm³/mol. The van der Waals surface area contributed by atoms with Gasteiger partial charge in [0, 0.05) is 34.1 Å². The zero-order valence-electron chi connectivity index (χ0n) is 12.0. The molecular weight excluding hydrogens is 280 g/mol. The van der Waals surface area contributed by atoms with Gasteiger partial charge in [0.2, 0.25) is 0 Å². The third kappa shape index (κ3) is 3.18. The molecule has 3 rings (SSSR count). The quantitative estimate of drug-likeness (QED) is 0.652. The van der Waals surface area contributed by atoms with E-state index in [4.69, 9.17) is 0 Å². The molecule has 0 bridgehead atoms. The van der Waals surface area contributed by atoms with Crippen LogP contribution in [0.1, 0.15) is 23.4 Å². The fraction of sp³-hybridized carbons (Fsp3) is 0.294. The topological polar surface area (TPSA) is 48.0 Å². The first-order valence-corrected chi connectivity index (χ1v) is 8.11. The number of benzene rings is 1. The number of aromatic nitrogens is 1. The van der Waals surface area contributed by atoms with Gasteiger partial charge in [0.1, 0.15) is 0 Å². The Balaban J connectivity index is 1.72. The van der Waals surface area contributed by atoms with Crippen molar-refractivity contribution in [2.24, 2.45) is 0 Å². The van der Waals surface area contributed by atoms with Gasteiger partial charge in [0.15, 0.2) is 0 Å². The highest BCUT2D eigenvalue weighted by Gasteiger charge is 2.15. The van der Waals surface area contributed by atoms with Gasteiger partial charge < -0.3 is 15.4 Å². The average molecular weight is 300 g/mol. The zero-order valence-corrected chi connectivity index (χ0v) is 12.9. The molecule has 0 unspecified atom stereocenters. The van der Waals surface area contributed by atoms with E-state index >= 15 is 0 Å². The van der Waals surface area contributed by atoms with E-state index in [1.54, 1.807) is 11.3 Å². The van der Waals surface area contributed by atoms with Crippen LogP contribution in [0.25, 0.3) is 10.9 Å². The molecule has 110 valence electrons. The van der Waals surface area contributed by atoms with Crippen molar-refractivity contribution < 1.29 is 5.11 Å². The number of nitrogens with one attached hydrogen (secondary N) is 2. The number of fused-ring (bicyclic) bond motifs is 1. The lowest BCUT2D eigenvalue weighted by Gasteiger charge is -2.21. The summed E-state index contributed by atoms with van der Waals surface area (Å²) >= 11 is 1.74. The largest absolute Gasteiger partial charge is 0.395 e. The molecule has 0 saturated carbocycles. The molecule has 0 aliphatic rings. The summed E-state index contributed by atoms with van der Waals surface area (Å²) < 4.78 is 0. The van der Waals surface area contributed by atoms with Crippen molar-refractivity contribution in [3.63, 3.8) is 0 Å². The summed E-state index contributed by atoms with van der Waals surface area (Å²) in [6.07, 6.45) is 2.86. The first-order chi connectivity index (χ1) is 10.3. The van der Waals surface area contributed by atoms with E-state index in [0.29, 0.717) is 0 Å². The van der Waals surface area contributed by atoms with E-state index in [-0.39, 0.29) is 18.7 Å². The maximum Gasteiger partial charge on any atom is 0.0588 e. The smallest absolute Gasteiger partial charge is 0.0588 e. The Labute approximate surface area is 128 Å². The number of hydrogen-bond acceptors (Lipinski definition) is 3. The second-order valence-corrected chi connectivity index (χ2v) is 6.33. The predicted octanol–water partition coefficient (Wildman–Crippen LogP) is 3.48. The number of para-hydroxylation sites is 1. The van der Waals surface area contributed by atoms with Gasteiger partial charge in [0.05, 0.1) is 6.61 Å². The monoisotopic (exact) mass is 300 g/mol. The Hall–Kier alpha value is -1.62. The number of aromatic amines is 1. The second-order valence-electron chi connectivity index (χ2n) is 5.35. The van der Waals surface area contributed by atoms with Crippen molar-refractivity contribution in [3.05, 3.63) is 58.4 Å². The molecule has 21 heavy (non-hydrogen) atoms. The summed E-state index contributed by atoms with van der Waals surface area (Å²) in [5.41, 5.74) is 2.39. The number of hydrogen-bond donors (Lipinski definition) is 3. The maximum absolute atomic E-state index is 9.67.